The minimum atomic E-state index is -0.228. The Morgan fingerprint density at radius 2 is 1.41 bits per heavy atom. The van der Waals surface area contributed by atoms with Crippen molar-refractivity contribution in [2.75, 3.05) is 4.90 Å². The molecular weight excluding hydrogens is 675 g/mol. The summed E-state index contributed by atoms with van der Waals surface area (Å²) in [5.41, 5.74) is 16.2. The van der Waals surface area contributed by atoms with E-state index in [1.165, 1.54) is 59.7 Å². The van der Waals surface area contributed by atoms with Crippen LogP contribution in [-0.4, -0.2) is 5.71 Å². The lowest BCUT2D eigenvalue weighted by Gasteiger charge is -2.37. The van der Waals surface area contributed by atoms with Crippen LogP contribution < -0.4 is 10.2 Å². The molecule has 1 aromatic heterocycles. The van der Waals surface area contributed by atoms with E-state index in [0.717, 1.165) is 40.9 Å². The highest BCUT2D eigenvalue weighted by Gasteiger charge is 2.46. The molecule has 54 heavy (non-hydrogen) atoms. The minimum Gasteiger partial charge on any atom is -0.360 e. The summed E-state index contributed by atoms with van der Waals surface area (Å²) in [7, 11) is 0. The van der Waals surface area contributed by atoms with Gasteiger partial charge in [-0.05, 0) is 93.3 Å². The van der Waals surface area contributed by atoms with Gasteiger partial charge in [-0.3, -0.25) is 4.99 Å². The van der Waals surface area contributed by atoms with Gasteiger partial charge in [-0.25, -0.2) is 0 Å². The number of hydrogen-bond donors (Lipinski definition) is 1. The largest absolute Gasteiger partial charge is 0.360 e. The van der Waals surface area contributed by atoms with Crippen molar-refractivity contribution in [2.45, 2.75) is 31.0 Å². The Kier molecular flexibility index (Phi) is 7.37. The predicted octanol–water partition coefficient (Wildman–Crippen LogP) is 12.9. The van der Waals surface area contributed by atoms with Crippen molar-refractivity contribution >= 4 is 43.5 Å². The molecule has 258 valence electrons. The monoisotopic (exact) mass is 711 g/mol. The Balaban J connectivity index is 1.04. The number of aliphatic imine (C=N–C) groups is 1. The first-order valence-electron chi connectivity index (χ1n) is 19.0. The molecule has 11 rings (SSSR count). The molecule has 0 saturated carbocycles. The van der Waals surface area contributed by atoms with Crippen LogP contribution in [0.25, 0.3) is 38.0 Å². The Labute approximate surface area is 320 Å². The molecule has 0 saturated heterocycles. The third kappa shape index (κ3) is 5.05. The van der Waals surface area contributed by atoms with Gasteiger partial charge in [0, 0.05) is 33.0 Å². The molecule has 0 spiro atoms. The van der Waals surface area contributed by atoms with Crippen molar-refractivity contribution in [3.05, 3.63) is 209 Å². The van der Waals surface area contributed by atoms with Crippen LogP contribution in [0.3, 0.4) is 0 Å². The Hall–Kier alpha value is -6.23. The summed E-state index contributed by atoms with van der Waals surface area (Å²) in [5.74, 6) is 0.268. The van der Waals surface area contributed by atoms with Gasteiger partial charge in [0.2, 0.25) is 0 Å². The lowest BCUT2D eigenvalue weighted by atomic mass is 9.78. The summed E-state index contributed by atoms with van der Waals surface area (Å²) < 4.78 is 1.33. The Morgan fingerprint density at radius 1 is 0.648 bits per heavy atom. The van der Waals surface area contributed by atoms with E-state index in [4.69, 9.17) is 4.99 Å². The first kappa shape index (κ1) is 31.3. The fraction of sp³-hybridized carbons (Fsp3) is 0.100. The van der Waals surface area contributed by atoms with Crippen LogP contribution in [0.1, 0.15) is 58.8 Å². The molecule has 4 heteroatoms. The zero-order valence-electron chi connectivity index (χ0n) is 29.7. The van der Waals surface area contributed by atoms with Crippen LogP contribution in [0.4, 0.5) is 10.7 Å². The average Bonchev–Trinajstić information content (AvgIpc) is 3.81. The highest BCUT2D eigenvalue weighted by molar-refractivity contribution is 7.23. The number of allylic oxidation sites excluding steroid dienone is 4. The summed E-state index contributed by atoms with van der Waals surface area (Å²) in [4.78, 5) is 7.95. The van der Waals surface area contributed by atoms with Crippen molar-refractivity contribution in [3.63, 3.8) is 0 Å². The van der Waals surface area contributed by atoms with Gasteiger partial charge in [0.25, 0.3) is 0 Å². The molecule has 7 aromatic rings. The maximum atomic E-state index is 5.28. The predicted molar refractivity (Wildman–Crippen MR) is 226 cm³/mol. The number of fused-ring (bicyclic) bond motifs is 10. The van der Waals surface area contributed by atoms with Gasteiger partial charge in [0.1, 0.15) is 11.2 Å². The van der Waals surface area contributed by atoms with Gasteiger partial charge in [0.05, 0.1) is 11.8 Å². The molecule has 0 amide bonds. The van der Waals surface area contributed by atoms with Crippen LogP contribution >= 0.6 is 11.3 Å². The van der Waals surface area contributed by atoms with Gasteiger partial charge in [-0.1, -0.05) is 146 Å². The quantitative estimate of drug-likeness (QED) is 0.192. The normalized spacial score (nSPS) is 19.5. The van der Waals surface area contributed by atoms with Gasteiger partial charge in [-0.15, -0.1) is 11.3 Å². The molecule has 6 aromatic carbocycles. The SMILES string of the molecule is C1=CC(C2c3ccccc3N3c4sc5ccccc5c4-c4cc(-c5cccc(C6N=C(c7ccccc7)C=C(c7ccccc7)N6)c5)ccc4C23)=CCC1. The van der Waals surface area contributed by atoms with Gasteiger partial charge in [0.15, 0.2) is 0 Å². The molecular formula is C50H37N3S. The molecule has 3 aliphatic heterocycles. The smallest absolute Gasteiger partial charge is 0.145 e. The van der Waals surface area contributed by atoms with E-state index in [2.05, 4.69) is 186 Å². The van der Waals surface area contributed by atoms with Crippen LogP contribution in [0.2, 0.25) is 0 Å². The van der Waals surface area contributed by atoms with E-state index in [0.29, 0.717) is 0 Å². The summed E-state index contributed by atoms with van der Waals surface area (Å²) in [5, 5.41) is 6.45. The van der Waals surface area contributed by atoms with Crippen molar-refractivity contribution in [3.8, 4) is 22.3 Å². The van der Waals surface area contributed by atoms with Crippen LogP contribution in [0, 0.1) is 0 Å². The van der Waals surface area contributed by atoms with Crippen LogP contribution in [0.15, 0.2) is 187 Å². The summed E-state index contributed by atoms with van der Waals surface area (Å²) in [6.45, 7) is 0. The first-order valence-corrected chi connectivity index (χ1v) is 19.8. The third-order valence-corrected chi connectivity index (χ3v) is 12.6. The van der Waals surface area contributed by atoms with E-state index in [1.54, 1.807) is 0 Å². The van der Waals surface area contributed by atoms with Crippen molar-refractivity contribution < 1.29 is 0 Å². The highest BCUT2D eigenvalue weighted by Crippen LogP contribution is 2.64. The molecule has 4 aliphatic rings. The molecule has 1 N–H and O–H groups in total. The number of benzene rings is 6. The summed E-state index contributed by atoms with van der Waals surface area (Å²) >= 11 is 1.93. The highest BCUT2D eigenvalue weighted by atomic mass is 32.1. The number of rotatable bonds is 5. The topological polar surface area (TPSA) is 27.6 Å². The van der Waals surface area contributed by atoms with E-state index in [9.17, 15) is 0 Å². The number of nitrogens with one attached hydrogen (secondary N) is 1. The van der Waals surface area contributed by atoms with Crippen LogP contribution in [-0.2, 0) is 0 Å². The molecule has 3 nitrogen and oxygen atoms in total. The molecule has 0 bridgehead atoms. The second-order valence-electron chi connectivity index (χ2n) is 14.6. The fourth-order valence-corrected chi connectivity index (χ4v) is 10.3. The van der Waals surface area contributed by atoms with Crippen molar-refractivity contribution in [1.82, 2.24) is 5.32 Å². The van der Waals surface area contributed by atoms with Crippen LogP contribution in [0.5, 0.6) is 0 Å². The maximum Gasteiger partial charge on any atom is 0.145 e. The summed E-state index contributed by atoms with van der Waals surface area (Å²) in [6, 6.07) is 55.5. The Morgan fingerprint density at radius 3 is 2.26 bits per heavy atom. The van der Waals surface area contributed by atoms with Gasteiger partial charge in [-0.2, -0.15) is 0 Å². The molecule has 1 aliphatic carbocycles. The Bertz CT molecular complexity index is 2720. The lowest BCUT2D eigenvalue weighted by molar-refractivity contribution is 0.651. The number of hydrogen-bond acceptors (Lipinski definition) is 4. The second kappa shape index (κ2) is 12.7. The minimum absolute atomic E-state index is 0.188. The average molecular weight is 712 g/mol. The molecule has 4 heterocycles. The molecule has 3 unspecified atom stereocenters. The fourth-order valence-electron chi connectivity index (χ4n) is 9.02. The van der Waals surface area contributed by atoms with Gasteiger partial charge < -0.3 is 10.2 Å². The zero-order chi connectivity index (χ0) is 35.6. The zero-order valence-corrected chi connectivity index (χ0v) is 30.5. The summed E-state index contributed by atoms with van der Waals surface area (Å²) in [6.07, 6.45) is 11.4. The number of nitrogens with zero attached hydrogens (tertiary/aromatic N) is 2. The lowest BCUT2D eigenvalue weighted by Crippen LogP contribution is -2.26. The molecule has 0 radical (unpaired) electrons. The van der Waals surface area contributed by atoms with E-state index < -0.39 is 0 Å². The van der Waals surface area contributed by atoms with Crippen molar-refractivity contribution in [1.29, 1.82) is 0 Å². The number of para-hydroxylation sites is 1. The second-order valence-corrected chi connectivity index (χ2v) is 15.6. The molecule has 3 atom stereocenters. The third-order valence-electron chi connectivity index (χ3n) is 11.5. The van der Waals surface area contributed by atoms with E-state index in [-0.39, 0.29) is 18.1 Å². The van der Waals surface area contributed by atoms with E-state index in [1.807, 2.05) is 11.3 Å². The van der Waals surface area contributed by atoms with E-state index >= 15 is 0 Å². The number of thiophene rings is 1. The van der Waals surface area contributed by atoms with Gasteiger partial charge >= 0.3 is 0 Å². The number of anilines is 2. The maximum absolute atomic E-state index is 5.28. The standard InChI is InChI=1S/C50H37N3S/c1-4-15-32(16-5-1)42-31-43(33-17-6-2-7-18-33)52-49(51-42)37-22-14-21-35(29-37)36-27-28-38-41(30-36)47-40-24-11-13-26-45(40)54-50(47)53-44-25-12-10-23-39(44)46(48(38)53)34-19-8-3-9-20-34/h1-2,4-8,10-31,46,48-49,51H,3,9H2. The first-order chi connectivity index (χ1) is 26.8. The molecule has 0 fully saturated rings. The van der Waals surface area contributed by atoms with Crippen molar-refractivity contribution in [2.24, 2.45) is 4.99 Å².